The Kier molecular flexibility index (Phi) is 5.88. The maximum atomic E-state index is 12.8. The molecule has 6 nitrogen and oxygen atoms in total. The fourth-order valence-electron chi connectivity index (χ4n) is 4.50. The summed E-state index contributed by atoms with van der Waals surface area (Å²) in [4.78, 5) is 26.3. The summed E-state index contributed by atoms with van der Waals surface area (Å²) in [6.45, 7) is 1.97. The van der Waals surface area contributed by atoms with Gasteiger partial charge in [-0.25, -0.2) is 4.79 Å². The molecule has 2 aliphatic rings. The van der Waals surface area contributed by atoms with Gasteiger partial charge in [-0.2, -0.15) is 0 Å². The maximum Gasteiger partial charge on any atom is 0.325 e. The molecule has 3 amide bonds. The number of hydrogen-bond acceptors (Lipinski definition) is 4. The van der Waals surface area contributed by atoms with Crippen LogP contribution < -0.4 is 5.32 Å². The number of urea groups is 1. The molecular formula is C24H28N2O4. The van der Waals surface area contributed by atoms with Crippen LogP contribution in [0.5, 0.6) is 0 Å². The maximum absolute atomic E-state index is 12.8. The van der Waals surface area contributed by atoms with Gasteiger partial charge >= 0.3 is 6.03 Å². The average molecular weight is 408 g/mol. The van der Waals surface area contributed by atoms with Crippen LogP contribution >= 0.6 is 0 Å². The molecule has 1 spiro atoms. The van der Waals surface area contributed by atoms with Gasteiger partial charge in [-0.1, -0.05) is 67.4 Å². The number of aliphatic hydroxyl groups excluding tert-OH is 1. The smallest absolute Gasteiger partial charge is 0.325 e. The highest BCUT2D eigenvalue weighted by Gasteiger charge is 2.52. The second-order valence-electron chi connectivity index (χ2n) is 8.27. The van der Waals surface area contributed by atoms with Crippen molar-refractivity contribution in [3.63, 3.8) is 0 Å². The van der Waals surface area contributed by atoms with Crippen molar-refractivity contribution in [3.05, 3.63) is 71.3 Å². The first kappa shape index (κ1) is 20.6. The van der Waals surface area contributed by atoms with Crippen LogP contribution in [0.1, 0.15) is 48.5 Å². The number of aliphatic hydroxyl groups is 1. The number of imide groups is 1. The van der Waals surface area contributed by atoms with Gasteiger partial charge in [-0.15, -0.1) is 0 Å². The summed E-state index contributed by atoms with van der Waals surface area (Å²) < 4.78 is 6.13. The van der Waals surface area contributed by atoms with Crippen molar-refractivity contribution < 1.29 is 19.4 Å². The Morgan fingerprint density at radius 1 is 1.07 bits per heavy atom. The van der Waals surface area contributed by atoms with Crippen LogP contribution in [0.25, 0.3) is 0 Å². The summed E-state index contributed by atoms with van der Waals surface area (Å²) in [5.41, 5.74) is 2.35. The number of amides is 3. The third-order valence-corrected chi connectivity index (χ3v) is 6.12. The van der Waals surface area contributed by atoms with Gasteiger partial charge in [0.1, 0.15) is 11.6 Å². The van der Waals surface area contributed by atoms with Crippen LogP contribution in [-0.2, 0) is 9.53 Å². The highest BCUT2D eigenvalue weighted by molar-refractivity contribution is 6.07. The summed E-state index contributed by atoms with van der Waals surface area (Å²) >= 11 is 0. The van der Waals surface area contributed by atoms with Crippen LogP contribution in [0, 0.1) is 6.92 Å². The first-order valence-corrected chi connectivity index (χ1v) is 10.5. The summed E-state index contributed by atoms with van der Waals surface area (Å²) in [5, 5.41) is 13.4. The number of rotatable bonds is 7. The molecule has 0 aromatic heterocycles. The van der Waals surface area contributed by atoms with Crippen molar-refractivity contribution in [1.82, 2.24) is 10.2 Å². The van der Waals surface area contributed by atoms with E-state index in [2.05, 4.69) is 5.32 Å². The lowest BCUT2D eigenvalue weighted by Gasteiger charge is -2.24. The molecule has 0 unspecified atom stereocenters. The van der Waals surface area contributed by atoms with E-state index in [1.807, 2.05) is 61.5 Å². The zero-order valence-corrected chi connectivity index (χ0v) is 17.2. The molecule has 0 bridgehead atoms. The lowest BCUT2D eigenvalue weighted by molar-refractivity contribution is -0.132. The fourth-order valence-corrected chi connectivity index (χ4v) is 4.50. The van der Waals surface area contributed by atoms with Gasteiger partial charge < -0.3 is 15.2 Å². The van der Waals surface area contributed by atoms with Crippen molar-refractivity contribution >= 4 is 11.9 Å². The van der Waals surface area contributed by atoms with Crippen LogP contribution in [-0.4, -0.2) is 46.7 Å². The SMILES string of the molecule is Cc1ccccc1[C@H](OC[C@H](O)CN1C(=O)NC2(CCCC2)C1=O)c1ccccc1. The summed E-state index contributed by atoms with van der Waals surface area (Å²) in [5.74, 6) is -0.220. The minimum atomic E-state index is -0.966. The fraction of sp³-hybridized carbons (Fsp3) is 0.417. The molecule has 2 fully saturated rings. The molecule has 2 aromatic carbocycles. The standard InChI is InChI=1S/C24H28N2O4/c1-17-9-5-6-12-20(17)21(18-10-3-2-4-11-18)30-16-19(27)15-26-22(28)24(25-23(26)29)13-7-8-14-24/h2-6,9-12,19,21,27H,7-8,13-16H2,1H3,(H,25,29)/t19-,21-/m1/s1. The first-order chi connectivity index (χ1) is 14.5. The van der Waals surface area contributed by atoms with Gasteiger partial charge in [0.05, 0.1) is 19.3 Å². The Balaban J connectivity index is 1.44. The van der Waals surface area contributed by atoms with Gasteiger partial charge in [0.2, 0.25) is 0 Å². The minimum Gasteiger partial charge on any atom is -0.389 e. The molecular weight excluding hydrogens is 380 g/mol. The van der Waals surface area contributed by atoms with Gasteiger partial charge in [0.15, 0.2) is 0 Å². The number of carbonyl (C=O) groups excluding carboxylic acids is 2. The Hall–Kier alpha value is -2.70. The normalized spacial score (nSPS) is 19.9. The Labute approximate surface area is 176 Å². The predicted octanol–water partition coefficient (Wildman–Crippen LogP) is 3.33. The Morgan fingerprint density at radius 2 is 1.73 bits per heavy atom. The van der Waals surface area contributed by atoms with Gasteiger partial charge in [0, 0.05) is 0 Å². The molecule has 1 saturated heterocycles. The van der Waals surface area contributed by atoms with E-state index in [9.17, 15) is 14.7 Å². The van der Waals surface area contributed by atoms with E-state index in [0.717, 1.165) is 34.4 Å². The summed E-state index contributed by atoms with van der Waals surface area (Å²) in [6, 6.07) is 17.4. The zero-order valence-electron chi connectivity index (χ0n) is 17.2. The second kappa shape index (κ2) is 8.58. The highest BCUT2D eigenvalue weighted by Crippen LogP contribution is 2.35. The van der Waals surface area contributed by atoms with E-state index in [1.165, 1.54) is 0 Å². The molecule has 2 aromatic rings. The van der Waals surface area contributed by atoms with Crippen molar-refractivity contribution in [2.24, 2.45) is 0 Å². The van der Waals surface area contributed by atoms with Gasteiger partial charge in [0.25, 0.3) is 5.91 Å². The van der Waals surface area contributed by atoms with Gasteiger partial charge in [-0.3, -0.25) is 9.69 Å². The number of ether oxygens (including phenoxy) is 1. The first-order valence-electron chi connectivity index (χ1n) is 10.5. The molecule has 30 heavy (non-hydrogen) atoms. The molecule has 6 heteroatoms. The number of benzene rings is 2. The van der Waals surface area contributed by atoms with Crippen molar-refractivity contribution in [2.75, 3.05) is 13.2 Å². The number of nitrogens with one attached hydrogen (secondary N) is 1. The minimum absolute atomic E-state index is 0.0119. The number of aryl methyl sites for hydroxylation is 1. The number of hydrogen-bond donors (Lipinski definition) is 2. The Bertz CT molecular complexity index is 908. The van der Waals surface area contributed by atoms with Crippen LogP contribution in [0.4, 0.5) is 4.79 Å². The van der Waals surface area contributed by atoms with Crippen LogP contribution in [0.15, 0.2) is 54.6 Å². The third-order valence-electron chi connectivity index (χ3n) is 6.12. The Morgan fingerprint density at radius 3 is 2.43 bits per heavy atom. The molecule has 2 atom stereocenters. The van der Waals surface area contributed by atoms with E-state index in [0.29, 0.717) is 12.8 Å². The van der Waals surface area contributed by atoms with Crippen molar-refractivity contribution in [3.8, 4) is 0 Å². The van der Waals surface area contributed by atoms with E-state index >= 15 is 0 Å². The number of β-amino-alcohol motifs (C(OH)–C–C–N with tert-alkyl or cyclic N) is 1. The molecule has 1 aliphatic carbocycles. The van der Waals surface area contributed by atoms with E-state index in [1.54, 1.807) is 0 Å². The monoisotopic (exact) mass is 408 g/mol. The second-order valence-corrected chi connectivity index (χ2v) is 8.27. The van der Waals surface area contributed by atoms with Crippen molar-refractivity contribution in [2.45, 2.75) is 50.4 Å². The molecule has 0 radical (unpaired) electrons. The average Bonchev–Trinajstić information content (AvgIpc) is 3.31. The molecule has 4 rings (SSSR count). The number of carbonyl (C=O) groups is 2. The van der Waals surface area contributed by atoms with E-state index < -0.39 is 17.7 Å². The van der Waals surface area contributed by atoms with Crippen molar-refractivity contribution in [1.29, 1.82) is 0 Å². The lowest BCUT2D eigenvalue weighted by Crippen LogP contribution is -2.45. The van der Waals surface area contributed by atoms with Crippen LogP contribution in [0.2, 0.25) is 0 Å². The topological polar surface area (TPSA) is 78.9 Å². The highest BCUT2D eigenvalue weighted by atomic mass is 16.5. The number of nitrogens with zero attached hydrogens (tertiary/aromatic N) is 1. The largest absolute Gasteiger partial charge is 0.389 e. The summed E-state index contributed by atoms with van der Waals surface area (Å²) in [6.07, 6.45) is 1.90. The van der Waals surface area contributed by atoms with E-state index in [-0.39, 0.29) is 25.2 Å². The molecule has 2 N–H and O–H groups in total. The molecule has 1 saturated carbocycles. The zero-order chi connectivity index (χ0) is 21.1. The van der Waals surface area contributed by atoms with Crippen LogP contribution in [0.3, 0.4) is 0 Å². The summed E-state index contributed by atoms with van der Waals surface area (Å²) in [7, 11) is 0. The molecule has 1 heterocycles. The molecule has 158 valence electrons. The lowest BCUT2D eigenvalue weighted by atomic mass is 9.97. The quantitative estimate of drug-likeness (QED) is 0.689. The predicted molar refractivity (Wildman–Crippen MR) is 113 cm³/mol. The van der Waals surface area contributed by atoms with E-state index in [4.69, 9.17) is 4.74 Å². The third kappa shape index (κ3) is 3.98. The molecule has 1 aliphatic heterocycles. The van der Waals surface area contributed by atoms with Gasteiger partial charge in [-0.05, 0) is 36.5 Å².